The summed E-state index contributed by atoms with van der Waals surface area (Å²) in [5.74, 6) is -1.14. The van der Waals surface area contributed by atoms with Crippen LogP contribution >= 0.6 is 0 Å². The molecule has 106 valence electrons. The van der Waals surface area contributed by atoms with Crippen LogP contribution in [0, 0.1) is 18.2 Å². The molecule has 0 aromatic heterocycles. The molecule has 0 atom stereocenters. The third-order valence-corrected chi connectivity index (χ3v) is 3.17. The second-order valence-electron chi connectivity index (χ2n) is 5.07. The van der Waals surface area contributed by atoms with Gasteiger partial charge in [0.15, 0.2) is 17.3 Å². The number of methoxy groups -OCH3 is 2. The number of aliphatic carboxylic acids is 1. The minimum Gasteiger partial charge on any atom is -0.492 e. The Kier molecular flexibility index (Phi) is 4.39. The summed E-state index contributed by atoms with van der Waals surface area (Å²) < 4.78 is 24.0. The van der Waals surface area contributed by atoms with Crippen molar-refractivity contribution in [2.45, 2.75) is 27.2 Å². The fraction of sp³-hybridized carbons (Fsp3) is 0.500. The maximum atomic E-state index is 13.9. The van der Waals surface area contributed by atoms with Gasteiger partial charge in [-0.3, -0.25) is 4.79 Å². The number of rotatable bonds is 5. The number of benzene rings is 1. The molecule has 0 fully saturated rings. The highest BCUT2D eigenvalue weighted by Crippen LogP contribution is 2.37. The van der Waals surface area contributed by atoms with Gasteiger partial charge in [0, 0.05) is 0 Å². The molecule has 1 rings (SSSR count). The zero-order valence-electron chi connectivity index (χ0n) is 11.8. The van der Waals surface area contributed by atoms with Crippen LogP contribution in [0.15, 0.2) is 6.07 Å². The van der Waals surface area contributed by atoms with E-state index in [1.54, 1.807) is 20.8 Å². The summed E-state index contributed by atoms with van der Waals surface area (Å²) in [6.45, 7) is 4.96. The molecule has 0 spiro atoms. The predicted molar refractivity (Wildman–Crippen MR) is 69.4 cm³/mol. The molecule has 0 unspecified atom stereocenters. The first-order valence-electron chi connectivity index (χ1n) is 5.88. The molecule has 4 nitrogen and oxygen atoms in total. The minimum absolute atomic E-state index is 0.0388. The van der Waals surface area contributed by atoms with Gasteiger partial charge in [-0.25, -0.2) is 4.39 Å². The number of carboxylic acids is 1. The lowest BCUT2D eigenvalue weighted by Gasteiger charge is -2.22. The third-order valence-electron chi connectivity index (χ3n) is 3.17. The summed E-state index contributed by atoms with van der Waals surface area (Å²) in [5, 5.41) is 9.14. The minimum atomic E-state index is -0.975. The topological polar surface area (TPSA) is 55.8 Å². The molecule has 0 heterocycles. The monoisotopic (exact) mass is 270 g/mol. The average molecular weight is 270 g/mol. The molecule has 0 amide bonds. The van der Waals surface area contributed by atoms with Crippen molar-refractivity contribution in [2.24, 2.45) is 5.41 Å². The lowest BCUT2D eigenvalue weighted by molar-refractivity contribution is -0.146. The molecule has 0 bridgehead atoms. The van der Waals surface area contributed by atoms with E-state index in [1.165, 1.54) is 20.3 Å². The van der Waals surface area contributed by atoms with Crippen LogP contribution in [-0.2, 0) is 11.2 Å². The van der Waals surface area contributed by atoms with Crippen LogP contribution in [0.2, 0.25) is 0 Å². The Balaban J connectivity index is 3.31. The second-order valence-corrected chi connectivity index (χ2v) is 5.07. The number of carbonyl (C=O) groups is 1. The second kappa shape index (κ2) is 5.47. The molecular formula is C14H19FO4. The van der Waals surface area contributed by atoms with Gasteiger partial charge in [0.2, 0.25) is 0 Å². The Labute approximate surface area is 112 Å². The zero-order valence-corrected chi connectivity index (χ0v) is 11.8. The van der Waals surface area contributed by atoms with E-state index in [0.717, 1.165) is 0 Å². The molecular weight excluding hydrogens is 251 g/mol. The first-order valence-corrected chi connectivity index (χ1v) is 5.88. The van der Waals surface area contributed by atoms with Crippen LogP contribution in [0.4, 0.5) is 4.39 Å². The van der Waals surface area contributed by atoms with E-state index in [4.69, 9.17) is 14.6 Å². The highest BCUT2D eigenvalue weighted by Gasteiger charge is 2.29. The van der Waals surface area contributed by atoms with Crippen LogP contribution < -0.4 is 9.47 Å². The van der Waals surface area contributed by atoms with Gasteiger partial charge in [0.05, 0.1) is 19.6 Å². The van der Waals surface area contributed by atoms with Gasteiger partial charge >= 0.3 is 5.97 Å². The Morgan fingerprint density at radius 2 is 1.84 bits per heavy atom. The number of ether oxygens (including phenoxy) is 2. The van der Waals surface area contributed by atoms with E-state index >= 15 is 0 Å². The summed E-state index contributed by atoms with van der Waals surface area (Å²) in [6, 6.07) is 1.31. The number of hydrogen-bond donors (Lipinski definition) is 1. The van der Waals surface area contributed by atoms with Gasteiger partial charge in [0.1, 0.15) is 0 Å². The highest BCUT2D eigenvalue weighted by molar-refractivity contribution is 5.74. The van der Waals surface area contributed by atoms with Gasteiger partial charge in [-0.1, -0.05) is 0 Å². The Bertz CT molecular complexity index is 495. The van der Waals surface area contributed by atoms with E-state index < -0.39 is 17.2 Å². The molecule has 0 aliphatic carbocycles. The van der Waals surface area contributed by atoms with Gasteiger partial charge < -0.3 is 14.6 Å². The zero-order chi connectivity index (χ0) is 14.8. The highest BCUT2D eigenvalue weighted by atomic mass is 19.1. The van der Waals surface area contributed by atoms with Crippen LogP contribution in [0.1, 0.15) is 25.0 Å². The summed E-state index contributed by atoms with van der Waals surface area (Å²) in [6.07, 6.45) is 0.214. The fourth-order valence-corrected chi connectivity index (χ4v) is 1.92. The van der Waals surface area contributed by atoms with Gasteiger partial charge in [-0.15, -0.1) is 0 Å². The lowest BCUT2D eigenvalue weighted by Crippen LogP contribution is -2.26. The van der Waals surface area contributed by atoms with Crippen molar-refractivity contribution in [3.8, 4) is 11.5 Å². The van der Waals surface area contributed by atoms with Crippen LogP contribution in [0.5, 0.6) is 11.5 Å². The van der Waals surface area contributed by atoms with Crippen LogP contribution in [-0.4, -0.2) is 25.3 Å². The average Bonchev–Trinajstić information content (AvgIpc) is 2.32. The SMILES string of the molecule is COc1c(F)cc(CC(C)(C)C(=O)O)c(C)c1OC. The summed E-state index contributed by atoms with van der Waals surface area (Å²) in [5.41, 5.74) is 0.314. The van der Waals surface area contributed by atoms with Gasteiger partial charge in [0.25, 0.3) is 0 Å². The largest absolute Gasteiger partial charge is 0.492 e. The summed E-state index contributed by atoms with van der Waals surface area (Å²) in [7, 11) is 2.79. The van der Waals surface area contributed by atoms with E-state index in [-0.39, 0.29) is 12.2 Å². The Hall–Kier alpha value is -1.78. The van der Waals surface area contributed by atoms with Crippen molar-refractivity contribution in [3.05, 3.63) is 23.0 Å². The number of halogens is 1. The molecule has 0 aliphatic rings. The van der Waals surface area contributed by atoms with Crippen LogP contribution in [0.3, 0.4) is 0 Å². The molecule has 19 heavy (non-hydrogen) atoms. The first kappa shape index (κ1) is 15.3. The van der Waals surface area contributed by atoms with Gasteiger partial charge in [-0.05, 0) is 44.4 Å². The smallest absolute Gasteiger partial charge is 0.309 e. The molecule has 1 aromatic rings. The first-order chi connectivity index (χ1) is 8.74. The van der Waals surface area contributed by atoms with Crippen LogP contribution in [0.25, 0.3) is 0 Å². The molecule has 0 saturated heterocycles. The maximum absolute atomic E-state index is 13.9. The third kappa shape index (κ3) is 2.97. The normalized spacial score (nSPS) is 11.3. The number of carboxylic acid groups (broad SMARTS) is 1. The van der Waals surface area contributed by atoms with E-state index in [1.807, 2.05) is 0 Å². The predicted octanol–water partition coefficient (Wildman–Crippen LogP) is 2.80. The van der Waals surface area contributed by atoms with Crippen molar-refractivity contribution >= 4 is 5.97 Å². The van der Waals surface area contributed by atoms with E-state index in [9.17, 15) is 9.18 Å². The molecule has 0 radical (unpaired) electrons. The molecule has 1 N–H and O–H groups in total. The molecule has 0 aliphatic heterocycles. The van der Waals surface area contributed by atoms with Gasteiger partial charge in [-0.2, -0.15) is 0 Å². The quantitative estimate of drug-likeness (QED) is 0.893. The Morgan fingerprint density at radius 1 is 1.32 bits per heavy atom. The summed E-state index contributed by atoms with van der Waals surface area (Å²) in [4.78, 5) is 11.1. The maximum Gasteiger partial charge on any atom is 0.309 e. The van der Waals surface area contributed by atoms with Crippen molar-refractivity contribution in [2.75, 3.05) is 14.2 Å². The van der Waals surface area contributed by atoms with Crippen molar-refractivity contribution < 1.29 is 23.8 Å². The molecule has 1 aromatic carbocycles. The molecule has 0 saturated carbocycles. The van der Waals surface area contributed by atoms with Crippen molar-refractivity contribution in [3.63, 3.8) is 0 Å². The summed E-state index contributed by atoms with van der Waals surface area (Å²) >= 11 is 0. The van der Waals surface area contributed by atoms with Crippen molar-refractivity contribution in [1.29, 1.82) is 0 Å². The van der Waals surface area contributed by atoms with E-state index in [0.29, 0.717) is 16.9 Å². The standard InChI is InChI=1S/C14H19FO4/c1-8-9(7-14(2,3)13(16)17)6-10(15)12(19-5)11(8)18-4/h6H,7H2,1-5H3,(H,16,17). The molecule has 5 heteroatoms. The van der Waals surface area contributed by atoms with E-state index in [2.05, 4.69) is 0 Å². The lowest BCUT2D eigenvalue weighted by atomic mass is 9.84. The van der Waals surface area contributed by atoms with Crippen molar-refractivity contribution in [1.82, 2.24) is 0 Å². The fourth-order valence-electron chi connectivity index (χ4n) is 1.92. The number of hydrogen-bond acceptors (Lipinski definition) is 3. The Morgan fingerprint density at radius 3 is 2.26 bits per heavy atom.